The first-order valence-electron chi connectivity index (χ1n) is 13.7. The summed E-state index contributed by atoms with van der Waals surface area (Å²) in [6.45, 7) is 5.72. The number of aryl methyl sites for hydroxylation is 1. The maximum Gasteiger partial charge on any atom is 0.291 e. The number of nitrogens with one attached hydrogen (secondary N) is 1. The highest BCUT2D eigenvalue weighted by molar-refractivity contribution is 7.94. The summed E-state index contributed by atoms with van der Waals surface area (Å²) < 4.78 is 29.3. The first-order valence-corrected chi connectivity index (χ1v) is 15.5. The van der Waals surface area contributed by atoms with Gasteiger partial charge in [0.05, 0.1) is 40.0 Å². The van der Waals surface area contributed by atoms with E-state index in [0.29, 0.717) is 43.1 Å². The zero-order valence-corrected chi connectivity index (χ0v) is 23.8. The third-order valence-electron chi connectivity index (χ3n) is 7.17. The summed E-state index contributed by atoms with van der Waals surface area (Å²) in [6.07, 6.45) is 13.5. The number of hydrogen-bond acceptors (Lipinski definition) is 7. The standard InChI is InChI=1S/C31H34N4O5S/c1-23-11-15-40-29(23)31(37)33-27-8-5-7-24(20-27)25-19-26(22-32-21-25)30(36)34-41(38,28-9-3-2-4-10-28)18-6-12-35-13-16-39-17-14-35/h2-5,7-9,11,15,19-22,28H,6,10,12-14,16-18H2,1H3,(H,33,37)/t28?,41-/m0/s1. The van der Waals surface area contributed by atoms with Gasteiger partial charge in [-0.15, -0.1) is 0 Å². The van der Waals surface area contributed by atoms with Gasteiger partial charge in [0.2, 0.25) is 0 Å². The molecule has 3 heterocycles. The van der Waals surface area contributed by atoms with Crippen LogP contribution in [0.1, 0.15) is 39.3 Å². The van der Waals surface area contributed by atoms with Crippen LogP contribution in [0.4, 0.5) is 5.69 Å². The molecule has 2 aromatic heterocycles. The van der Waals surface area contributed by atoms with Crippen molar-refractivity contribution in [3.05, 3.63) is 96.2 Å². The molecule has 214 valence electrons. The molecule has 1 N–H and O–H groups in total. The number of allylic oxidation sites excluding steroid dienone is 3. The van der Waals surface area contributed by atoms with Crippen LogP contribution < -0.4 is 5.32 Å². The number of carbonyl (C=O) groups excluding carboxylic acids is 2. The molecular weight excluding hydrogens is 540 g/mol. The van der Waals surface area contributed by atoms with Gasteiger partial charge in [0.15, 0.2) is 5.76 Å². The Bertz CT molecular complexity index is 1580. The lowest BCUT2D eigenvalue weighted by Gasteiger charge is -2.27. The summed E-state index contributed by atoms with van der Waals surface area (Å²) in [5.41, 5.74) is 3.02. The van der Waals surface area contributed by atoms with Gasteiger partial charge in [-0.1, -0.05) is 36.4 Å². The average molecular weight is 575 g/mol. The van der Waals surface area contributed by atoms with Gasteiger partial charge in [-0.05, 0) is 56.1 Å². The summed E-state index contributed by atoms with van der Waals surface area (Å²) in [6, 6.07) is 10.7. The number of hydrogen-bond donors (Lipinski definition) is 1. The third kappa shape index (κ3) is 7.27. The number of pyridine rings is 1. The molecule has 0 radical (unpaired) electrons. The van der Waals surface area contributed by atoms with E-state index in [2.05, 4.69) is 19.6 Å². The van der Waals surface area contributed by atoms with Crippen LogP contribution in [-0.2, 0) is 14.5 Å². The van der Waals surface area contributed by atoms with Crippen molar-refractivity contribution in [3.63, 3.8) is 0 Å². The highest BCUT2D eigenvalue weighted by Gasteiger charge is 2.24. The maximum absolute atomic E-state index is 14.2. The summed E-state index contributed by atoms with van der Waals surface area (Å²) in [4.78, 5) is 32.6. The van der Waals surface area contributed by atoms with E-state index < -0.39 is 15.6 Å². The van der Waals surface area contributed by atoms with E-state index in [0.717, 1.165) is 30.8 Å². The molecule has 0 spiro atoms. The lowest BCUT2D eigenvalue weighted by Crippen LogP contribution is -2.37. The van der Waals surface area contributed by atoms with Gasteiger partial charge < -0.3 is 14.5 Å². The smallest absolute Gasteiger partial charge is 0.291 e. The molecule has 3 aromatic rings. The lowest BCUT2D eigenvalue weighted by molar-refractivity contribution is 0.0381. The van der Waals surface area contributed by atoms with E-state index >= 15 is 0 Å². The quantitative estimate of drug-likeness (QED) is 0.377. The van der Waals surface area contributed by atoms with E-state index in [-0.39, 0.29) is 22.5 Å². The second kappa shape index (κ2) is 13.2. The largest absolute Gasteiger partial charge is 0.459 e. The minimum Gasteiger partial charge on any atom is -0.459 e. The Morgan fingerprint density at radius 3 is 2.73 bits per heavy atom. The minimum atomic E-state index is -2.87. The SMILES string of the molecule is Cc1ccoc1C(=O)Nc1cccc(-c2cncc(C(=O)N=[S@](=O)(CCCN3CCOCC3)C3C=CC=CC3)c2)c1. The second-order valence-electron chi connectivity index (χ2n) is 10.1. The van der Waals surface area contributed by atoms with E-state index in [1.54, 1.807) is 37.4 Å². The van der Waals surface area contributed by atoms with Gasteiger partial charge >= 0.3 is 0 Å². The van der Waals surface area contributed by atoms with Gasteiger partial charge in [0, 0.05) is 48.1 Å². The molecule has 41 heavy (non-hydrogen) atoms. The molecule has 2 aliphatic rings. The second-order valence-corrected chi connectivity index (χ2v) is 12.7. The molecule has 1 saturated heterocycles. The molecule has 10 heteroatoms. The third-order valence-corrected chi connectivity index (χ3v) is 9.82. The van der Waals surface area contributed by atoms with Crippen LogP contribution >= 0.6 is 0 Å². The minimum absolute atomic E-state index is 0.253. The van der Waals surface area contributed by atoms with E-state index in [9.17, 15) is 13.8 Å². The van der Waals surface area contributed by atoms with Gasteiger partial charge in [0.1, 0.15) is 0 Å². The van der Waals surface area contributed by atoms with Gasteiger partial charge in [-0.2, -0.15) is 4.36 Å². The highest BCUT2D eigenvalue weighted by atomic mass is 32.2. The summed E-state index contributed by atoms with van der Waals surface area (Å²) in [7, 11) is -2.87. The summed E-state index contributed by atoms with van der Waals surface area (Å²) in [5, 5.41) is 2.52. The van der Waals surface area contributed by atoms with Crippen molar-refractivity contribution in [3.8, 4) is 11.1 Å². The van der Waals surface area contributed by atoms with Crippen LogP contribution in [0.2, 0.25) is 0 Å². The number of amides is 2. The fourth-order valence-electron chi connectivity index (χ4n) is 4.89. The average Bonchev–Trinajstić information content (AvgIpc) is 3.44. The number of aromatic nitrogens is 1. The Kier molecular flexibility index (Phi) is 9.23. The Morgan fingerprint density at radius 2 is 1.98 bits per heavy atom. The van der Waals surface area contributed by atoms with Crippen molar-refractivity contribution in [2.45, 2.75) is 25.0 Å². The van der Waals surface area contributed by atoms with Crippen LogP contribution in [0.15, 0.2) is 88.1 Å². The van der Waals surface area contributed by atoms with Gasteiger partial charge in [-0.25, -0.2) is 4.21 Å². The van der Waals surface area contributed by atoms with Gasteiger partial charge in [-0.3, -0.25) is 19.5 Å². The molecule has 1 aliphatic heterocycles. The number of rotatable bonds is 9. The van der Waals surface area contributed by atoms with Crippen molar-refractivity contribution in [2.75, 3.05) is 43.9 Å². The van der Waals surface area contributed by atoms with E-state index in [4.69, 9.17) is 9.15 Å². The van der Waals surface area contributed by atoms with E-state index in [1.807, 2.05) is 36.4 Å². The lowest BCUT2D eigenvalue weighted by atomic mass is 10.1. The molecule has 2 atom stereocenters. The Hall–Kier alpha value is -3.86. The molecule has 2 amide bonds. The molecule has 1 unspecified atom stereocenters. The fourth-order valence-corrected chi connectivity index (χ4v) is 7.10. The Morgan fingerprint density at radius 1 is 1.12 bits per heavy atom. The monoisotopic (exact) mass is 574 g/mol. The van der Waals surface area contributed by atoms with Gasteiger partial charge in [0.25, 0.3) is 11.8 Å². The fraction of sp³-hybridized carbons (Fsp3) is 0.323. The molecule has 1 aliphatic carbocycles. The Balaban J connectivity index is 1.34. The zero-order valence-electron chi connectivity index (χ0n) is 23.0. The number of benzene rings is 1. The zero-order chi connectivity index (χ0) is 28.7. The molecule has 0 bridgehead atoms. The van der Waals surface area contributed by atoms with Crippen LogP contribution in [0.3, 0.4) is 0 Å². The van der Waals surface area contributed by atoms with Crippen molar-refractivity contribution in [1.82, 2.24) is 9.88 Å². The van der Waals surface area contributed by atoms with Crippen LogP contribution in [0.25, 0.3) is 11.1 Å². The normalized spacial score (nSPS) is 18.5. The molecule has 5 rings (SSSR count). The molecule has 1 aromatic carbocycles. The van der Waals surface area contributed by atoms with Crippen LogP contribution in [-0.4, -0.2) is 69.8 Å². The van der Waals surface area contributed by atoms with Crippen molar-refractivity contribution < 1.29 is 23.0 Å². The number of carbonyl (C=O) groups is 2. The maximum atomic E-state index is 14.2. The summed E-state index contributed by atoms with van der Waals surface area (Å²) >= 11 is 0. The number of ether oxygens (including phenoxy) is 1. The number of furan rings is 1. The number of nitrogens with zero attached hydrogens (tertiary/aromatic N) is 3. The molecular formula is C31H34N4O5S. The first-order chi connectivity index (χ1) is 19.9. The first kappa shape index (κ1) is 28.7. The summed E-state index contributed by atoms with van der Waals surface area (Å²) in [5.74, 6) is -0.303. The number of anilines is 1. The predicted octanol–water partition coefficient (Wildman–Crippen LogP) is 5.12. The Labute approximate surface area is 240 Å². The van der Waals surface area contributed by atoms with E-state index in [1.165, 1.54) is 12.5 Å². The van der Waals surface area contributed by atoms with Crippen molar-refractivity contribution in [1.29, 1.82) is 0 Å². The molecule has 0 saturated carbocycles. The molecule has 1 fully saturated rings. The topological polar surface area (TPSA) is 114 Å². The van der Waals surface area contributed by atoms with Crippen LogP contribution in [0.5, 0.6) is 0 Å². The molecule has 9 nitrogen and oxygen atoms in total. The predicted molar refractivity (Wildman–Crippen MR) is 159 cm³/mol. The van der Waals surface area contributed by atoms with Crippen LogP contribution in [0, 0.1) is 6.92 Å². The van der Waals surface area contributed by atoms with Crippen molar-refractivity contribution >= 4 is 27.2 Å². The number of morpholine rings is 1. The van der Waals surface area contributed by atoms with Crippen molar-refractivity contribution in [2.24, 2.45) is 4.36 Å². The highest BCUT2D eigenvalue weighted by Crippen LogP contribution is 2.25.